The molecule has 0 aliphatic heterocycles. The van der Waals surface area contributed by atoms with Crippen LogP contribution < -0.4 is 4.90 Å². The Morgan fingerprint density at radius 3 is 2.53 bits per heavy atom. The topological polar surface area (TPSA) is 59.5 Å². The lowest BCUT2D eigenvalue weighted by Crippen LogP contribution is -2.23. The lowest BCUT2D eigenvalue weighted by Gasteiger charge is -2.21. The van der Waals surface area contributed by atoms with Crippen molar-refractivity contribution in [3.05, 3.63) is 75.8 Å². The number of nitrogens with zero attached hydrogens (tertiary/aromatic N) is 2. The first-order chi connectivity index (χ1) is 15.1. The molecule has 168 valence electrons. The maximum atomic E-state index is 12.8. The number of alkyl halides is 3. The molecule has 32 heavy (non-hydrogen) atoms. The highest BCUT2D eigenvalue weighted by Crippen LogP contribution is 2.33. The minimum atomic E-state index is -4.48. The average Bonchev–Trinajstić information content (AvgIpc) is 3.17. The number of rotatable bonds is 6. The fraction of sp³-hybridized carbons (Fsp3) is 0.261. The Labute approximate surface area is 187 Å². The molecule has 0 atom stereocenters. The summed E-state index contributed by atoms with van der Waals surface area (Å²) in [5.74, 6) is -0.877. The summed E-state index contributed by atoms with van der Waals surface area (Å²) < 4.78 is 43.6. The zero-order valence-electron chi connectivity index (χ0n) is 17.7. The van der Waals surface area contributed by atoms with Crippen LogP contribution in [0.2, 0.25) is 0 Å². The van der Waals surface area contributed by atoms with Crippen molar-refractivity contribution >= 4 is 34.0 Å². The molecule has 5 nitrogen and oxygen atoms in total. The normalized spacial score (nSPS) is 11.3. The molecule has 1 heterocycles. The van der Waals surface area contributed by atoms with Gasteiger partial charge in [0.25, 0.3) is 0 Å². The summed E-state index contributed by atoms with van der Waals surface area (Å²) in [6, 6.07) is 10.2. The van der Waals surface area contributed by atoms with E-state index in [9.17, 15) is 22.8 Å². The predicted octanol–water partition coefficient (Wildman–Crippen LogP) is 5.75. The number of thiazole rings is 1. The second-order valence-corrected chi connectivity index (χ2v) is 8.07. The van der Waals surface area contributed by atoms with Crippen molar-refractivity contribution in [1.29, 1.82) is 0 Å². The highest BCUT2D eigenvalue weighted by molar-refractivity contribution is 7.14. The van der Waals surface area contributed by atoms with Crippen LogP contribution in [0.5, 0.6) is 0 Å². The number of hydrogen-bond acceptors (Lipinski definition) is 5. The van der Waals surface area contributed by atoms with Crippen molar-refractivity contribution in [3.8, 4) is 0 Å². The van der Waals surface area contributed by atoms with E-state index in [1.807, 2.05) is 32.0 Å². The van der Waals surface area contributed by atoms with E-state index < -0.39 is 17.7 Å². The summed E-state index contributed by atoms with van der Waals surface area (Å²) in [5, 5.41) is 2.11. The monoisotopic (exact) mass is 462 g/mol. The summed E-state index contributed by atoms with van der Waals surface area (Å²) in [4.78, 5) is 30.3. The molecule has 0 aliphatic carbocycles. The van der Waals surface area contributed by atoms with E-state index in [2.05, 4.69) is 4.98 Å². The van der Waals surface area contributed by atoms with Gasteiger partial charge in [-0.3, -0.25) is 14.5 Å². The number of anilines is 2. The molecular weight excluding hydrogens is 441 g/mol. The van der Waals surface area contributed by atoms with Crippen LogP contribution in [-0.4, -0.2) is 16.9 Å². The lowest BCUT2D eigenvalue weighted by molar-refractivity contribution is -0.144. The predicted molar refractivity (Wildman–Crippen MR) is 116 cm³/mol. The number of ether oxygens (including phenoxy) is 1. The Morgan fingerprint density at radius 1 is 1.12 bits per heavy atom. The van der Waals surface area contributed by atoms with Gasteiger partial charge in [-0.25, -0.2) is 4.98 Å². The molecule has 0 saturated carbocycles. The van der Waals surface area contributed by atoms with E-state index in [-0.39, 0.29) is 24.5 Å². The molecule has 0 N–H and O–H groups in total. The molecule has 0 aliphatic rings. The van der Waals surface area contributed by atoms with Crippen molar-refractivity contribution < 1.29 is 27.5 Å². The van der Waals surface area contributed by atoms with Gasteiger partial charge in [-0.15, -0.1) is 11.3 Å². The van der Waals surface area contributed by atoms with Gasteiger partial charge in [0.15, 0.2) is 5.13 Å². The molecule has 3 rings (SSSR count). The molecule has 0 spiro atoms. The van der Waals surface area contributed by atoms with E-state index in [1.165, 1.54) is 35.3 Å². The van der Waals surface area contributed by atoms with Crippen LogP contribution in [0.15, 0.2) is 47.8 Å². The fourth-order valence-corrected chi connectivity index (χ4v) is 3.94. The van der Waals surface area contributed by atoms with Crippen LogP contribution in [0.1, 0.15) is 34.9 Å². The maximum absolute atomic E-state index is 12.8. The van der Waals surface area contributed by atoms with Crippen LogP contribution in [0.25, 0.3) is 0 Å². The molecule has 1 aromatic heterocycles. The quantitative estimate of drug-likeness (QED) is 0.438. The third-order valence-electron chi connectivity index (χ3n) is 4.85. The first-order valence-corrected chi connectivity index (χ1v) is 10.6. The number of hydrogen-bond donors (Lipinski definition) is 0. The molecule has 3 aromatic rings. The van der Waals surface area contributed by atoms with Gasteiger partial charge in [-0.2, -0.15) is 13.2 Å². The minimum Gasteiger partial charge on any atom is -0.459 e. The van der Waals surface area contributed by atoms with Gasteiger partial charge in [0, 0.05) is 12.3 Å². The Balaban J connectivity index is 1.68. The Hall–Kier alpha value is -3.20. The van der Waals surface area contributed by atoms with Gasteiger partial charge < -0.3 is 4.74 Å². The van der Waals surface area contributed by atoms with E-state index >= 15 is 0 Å². The van der Waals surface area contributed by atoms with Gasteiger partial charge in [-0.1, -0.05) is 30.3 Å². The van der Waals surface area contributed by atoms with Crippen LogP contribution in [0, 0.1) is 13.8 Å². The summed E-state index contributed by atoms with van der Waals surface area (Å²) in [6.45, 7) is 5.17. The lowest BCUT2D eigenvalue weighted by atomic mass is 10.1. The number of esters is 1. The Kier molecular flexibility index (Phi) is 6.98. The number of aryl methyl sites for hydroxylation is 1. The van der Waals surface area contributed by atoms with Gasteiger partial charge in [0.1, 0.15) is 6.61 Å². The van der Waals surface area contributed by atoms with E-state index in [1.54, 1.807) is 5.38 Å². The zero-order chi connectivity index (χ0) is 23.5. The van der Waals surface area contributed by atoms with Gasteiger partial charge in [0.2, 0.25) is 5.91 Å². The third kappa shape index (κ3) is 5.53. The van der Waals surface area contributed by atoms with Gasteiger partial charge >= 0.3 is 12.1 Å². The molecule has 0 saturated heterocycles. The summed E-state index contributed by atoms with van der Waals surface area (Å²) in [6.07, 6.45) is -4.77. The molecule has 2 aromatic carbocycles. The summed E-state index contributed by atoms with van der Waals surface area (Å²) in [7, 11) is 0. The number of carbonyl (C=O) groups excluding carboxylic acids is 2. The first-order valence-electron chi connectivity index (χ1n) is 9.69. The number of halogens is 3. The molecule has 0 fully saturated rings. The second-order valence-electron chi connectivity index (χ2n) is 7.23. The molecule has 1 amide bonds. The van der Waals surface area contributed by atoms with E-state index in [4.69, 9.17) is 4.74 Å². The number of carbonyl (C=O) groups is 2. The van der Waals surface area contributed by atoms with Gasteiger partial charge in [-0.05, 0) is 42.7 Å². The van der Waals surface area contributed by atoms with Crippen LogP contribution in [-0.2, 0) is 33.5 Å². The maximum Gasteiger partial charge on any atom is 0.416 e. The van der Waals surface area contributed by atoms with Crippen LogP contribution >= 0.6 is 11.3 Å². The fourth-order valence-electron chi connectivity index (χ4n) is 3.08. The van der Waals surface area contributed by atoms with Crippen LogP contribution in [0.3, 0.4) is 0 Å². The molecule has 0 radical (unpaired) electrons. The first kappa shape index (κ1) is 23.5. The number of aromatic nitrogens is 1. The SMILES string of the molecule is CC(=O)N(c1nc(COC(=O)Cc2cccc(C(F)(F)F)c2)cs1)c1cccc(C)c1C. The van der Waals surface area contributed by atoms with E-state index in [0.29, 0.717) is 10.8 Å². The number of amides is 1. The highest BCUT2D eigenvalue weighted by atomic mass is 32.1. The molecule has 9 heteroatoms. The Morgan fingerprint density at radius 2 is 1.84 bits per heavy atom. The number of benzene rings is 2. The molecule has 0 bridgehead atoms. The standard InChI is InChI=1S/C23H21F3N2O3S/c1-14-6-4-9-20(15(14)2)28(16(3)29)22-27-19(13-32-22)12-31-21(30)11-17-7-5-8-18(10-17)23(24,25)26/h4-10,13H,11-12H2,1-3H3. The third-order valence-corrected chi connectivity index (χ3v) is 5.72. The van der Waals surface area contributed by atoms with Crippen molar-refractivity contribution in [1.82, 2.24) is 4.98 Å². The van der Waals surface area contributed by atoms with Gasteiger partial charge in [0.05, 0.1) is 23.4 Å². The van der Waals surface area contributed by atoms with Crippen molar-refractivity contribution in [2.45, 2.75) is 40.0 Å². The Bertz CT molecular complexity index is 1140. The summed E-state index contributed by atoms with van der Waals surface area (Å²) >= 11 is 1.23. The van der Waals surface area contributed by atoms with E-state index in [0.717, 1.165) is 28.9 Å². The average molecular weight is 462 g/mol. The molecular formula is C23H21F3N2O3S. The largest absolute Gasteiger partial charge is 0.459 e. The van der Waals surface area contributed by atoms with Crippen molar-refractivity contribution in [3.63, 3.8) is 0 Å². The smallest absolute Gasteiger partial charge is 0.416 e. The second kappa shape index (κ2) is 9.52. The van der Waals surface area contributed by atoms with Crippen LogP contribution in [0.4, 0.5) is 24.0 Å². The summed E-state index contributed by atoms with van der Waals surface area (Å²) in [5.41, 5.74) is 2.55. The van der Waals surface area contributed by atoms with Crippen molar-refractivity contribution in [2.75, 3.05) is 4.90 Å². The molecule has 0 unspecified atom stereocenters. The van der Waals surface area contributed by atoms with Crippen molar-refractivity contribution in [2.24, 2.45) is 0 Å². The minimum absolute atomic E-state index is 0.146. The zero-order valence-corrected chi connectivity index (χ0v) is 18.5. The highest BCUT2D eigenvalue weighted by Gasteiger charge is 2.30.